The summed E-state index contributed by atoms with van der Waals surface area (Å²) in [6.07, 6.45) is 7.88. The number of hydrogen-bond acceptors (Lipinski definition) is 2. The molecule has 0 spiro atoms. The molecule has 1 amide bonds. The summed E-state index contributed by atoms with van der Waals surface area (Å²) in [6, 6.07) is 17.9. The van der Waals surface area contributed by atoms with Gasteiger partial charge in [-0.1, -0.05) is 43.9 Å². The summed E-state index contributed by atoms with van der Waals surface area (Å²) in [5.41, 5.74) is 2.63. The number of carbonyl (C=O) groups excluding carboxylic acids is 1. The predicted molar refractivity (Wildman–Crippen MR) is 95.9 cm³/mol. The zero-order chi connectivity index (χ0) is 15.9. The third-order valence-electron chi connectivity index (χ3n) is 4.40. The summed E-state index contributed by atoms with van der Waals surface area (Å²) in [4.78, 5) is 12.1. The average molecular weight is 308 g/mol. The molecule has 23 heavy (non-hydrogen) atoms. The topological polar surface area (TPSA) is 41.1 Å². The van der Waals surface area contributed by atoms with Gasteiger partial charge >= 0.3 is 0 Å². The van der Waals surface area contributed by atoms with Gasteiger partial charge < -0.3 is 10.6 Å². The Morgan fingerprint density at radius 1 is 0.783 bits per heavy atom. The lowest BCUT2D eigenvalue weighted by molar-refractivity contribution is 0.102. The highest BCUT2D eigenvalue weighted by molar-refractivity contribution is 6.04. The van der Waals surface area contributed by atoms with Crippen LogP contribution in [0.25, 0.3) is 0 Å². The van der Waals surface area contributed by atoms with Crippen LogP contribution in [-0.4, -0.2) is 11.9 Å². The van der Waals surface area contributed by atoms with E-state index in [0.29, 0.717) is 11.6 Å². The van der Waals surface area contributed by atoms with E-state index in [1.807, 2.05) is 54.6 Å². The molecular formula is C20H24N2O. The fraction of sp³-hybridized carbons (Fsp3) is 0.350. The van der Waals surface area contributed by atoms with Crippen LogP contribution in [0.5, 0.6) is 0 Å². The maximum absolute atomic E-state index is 12.1. The van der Waals surface area contributed by atoms with Gasteiger partial charge in [0.2, 0.25) is 0 Å². The van der Waals surface area contributed by atoms with Crippen LogP contribution < -0.4 is 10.6 Å². The number of benzene rings is 2. The summed E-state index contributed by atoms with van der Waals surface area (Å²) in [7, 11) is 0. The Balaban J connectivity index is 1.57. The standard InChI is InChI=1S/C20H24N2O/c23-20(16-8-4-3-5-9-16)22-19-14-12-18(13-15-19)21-17-10-6-1-2-7-11-17/h3-5,8-9,12-15,17,21H,1-2,6-7,10-11H2,(H,22,23). The van der Waals surface area contributed by atoms with Crippen molar-refractivity contribution >= 4 is 17.3 Å². The lowest BCUT2D eigenvalue weighted by Crippen LogP contribution is -2.18. The van der Waals surface area contributed by atoms with Crippen molar-refractivity contribution in [2.24, 2.45) is 0 Å². The van der Waals surface area contributed by atoms with Crippen molar-refractivity contribution in [1.29, 1.82) is 0 Å². The number of carbonyl (C=O) groups is 1. The van der Waals surface area contributed by atoms with Crippen molar-refractivity contribution in [3.05, 3.63) is 60.2 Å². The van der Waals surface area contributed by atoms with Crippen LogP contribution >= 0.6 is 0 Å². The molecule has 0 aromatic heterocycles. The first kappa shape index (κ1) is 15.6. The van der Waals surface area contributed by atoms with E-state index in [0.717, 1.165) is 11.4 Å². The molecule has 0 aliphatic heterocycles. The van der Waals surface area contributed by atoms with Crippen LogP contribution in [0.1, 0.15) is 48.9 Å². The third kappa shape index (κ3) is 4.59. The number of anilines is 2. The normalized spacial score (nSPS) is 15.7. The van der Waals surface area contributed by atoms with Gasteiger partial charge in [-0.2, -0.15) is 0 Å². The maximum Gasteiger partial charge on any atom is 0.255 e. The van der Waals surface area contributed by atoms with Gasteiger partial charge in [-0.15, -0.1) is 0 Å². The second-order valence-corrected chi connectivity index (χ2v) is 6.23. The predicted octanol–water partition coefficient (Wildman–Crippen LogP) is 5.07. The molecule has 3 nitrogen and oxygen atoms in total. The molecular weight excluding hydrogens is 284 g/mol. The summed E-state index contributed by atoms with van der Waals surface area (Å²) in [5, 5.41) is 6.55. The van der Waals surface area contributed by atoms with E-state index in [4.69, 9.17) is 0 Å². The molecule has 1 aliphatic rings. The molecule has 0 unspecified atom stereocenters. The van der Waals surface area contributed by atoms with Crippen molar-refractivity contribution in [3.63, 3.8) is 0 Å². The van der Waals surface area contributed by atoms with E-state index >= 15 is 0 Å². The fourth-order valence-corrected chi connectivity index (χ4v) is 3.10. The molecule has 1 aliphatic carbocycles. The molecule has 2 aromatic rings. The number of amides is 1. The van der Waals surface area contributed by atoms with Crippen LogP contribution in [0.15, 0.2) is 54.6 Å². The molecule has 2 N–H and O–H groups in total. The largest absolute Gasteiger partial charge is 0.382 e. The maximum atomic E-state index is 12.1. The number of hydrogen-bond donors (Lipinski definition) is 2. The zero-order valence-corrected chi connectivity index (χ0v) is 13.4. The van der Waals surface area contributed by atoms with Gasteiger partial charge in [-0.05, 0) is 49.2 Å². The Bertz CT molecular complexity index is 614. The third-order valence-corrected chi connectivity index (χ3v) is 4.40. The molecule has 2 aromatic carbocycles. The van der Waals surface area contributed by atoms with E-state index in [1.54, 1.807) is 0 Å². The highest BCUT2D eigenvalue weighted by Gasteiger charge is 2.12. The zero-order valence-electron chi connectivity index (χ0n) is 13.4. The van der Waals surface area contributed by atoms with Gasteiger partial charge in [-0.3, -0.25) is 4.79 Å². The van der Waals surface area contributed by atoms with E-state index in [1.165, 1.54) is 38.5 Å². The highest BCUT2D eigenvalue weighted by Crippen LogP contribution is 2.22. The summed E-state index contributed by atoms with van der Waals surface area (Å²) in [6.45, 7) is 0. The van der Waals surface area contributed by atoms with Crippen molar-refractivity contribution in [3.8, 4) is 0 Å². The molecule has 0 heterocycles. The van der Waals surface area contributed by atoms with Crippen molar-refractivity contribution < 1.29 is 4.79 Å². The van der Waals surface area contributed by atoms with E-state index in [2.05, 4.69) is 10.6 Å². The van der Waals surface area contributed by atoms with Crippen LogP contribution in [0.2, 0.25) is 0 Å². The molecule has 120 valence electrons. The minimum absolute atomic E-state index is 0.0740. The molecule has 0 radical (unpaired) electrons. The van der Waals surface area contributed by atoms with E-state index in [9.17, 15) is 4.79 Å². The van der Waals surface area contributed by atoms with Gasteiger partial charge in [0.25, 0.3) is 5.91 Å². The smallest absolute Gasteiger partial charge is 0.255 e. The summed E-state index contributed by atoms with van der Waals surface area (Å²) in [5.74, 6) is -0.0740. The molecule has 1 saturated carbocycles. The Kier molecular flexibility index (Phi) is 5.30. The molecule has 3 heteroatoms. The SMILES string of the molecule is O=C(Nc1ccc(NC2CCCCCC2)cc1)c1ccccc1. The summed E-state index contributed by atoms with van der Waals surface area (Å²) < 4.78 is 0. The first-order valence-corrected chi connectivity index (χ1v) is 8.54. The van der Waals surface area contributed by atoms with E-state index < -0.39 is 0 Å². The lowest BCUT2D eigenvalue weighted by atomic mass is 10.1. The van der Waals surface area contributed by atoms with Crippen molar-refractivity contribution in [2.75, 3.05) is 10.6 Å². The second kappa shape index (κ2) is 7.82. The monoisotopic (exact) mass is 308 g/mol. The number of rotatable bonds is 4. The quantitative estimate of drug-likeness (QED) is 0.774. The second-order valence-electron chi connectivity index (χ2n) is 6.23. The Hall–Kier alpha value is -2.29. The highest BCUT2D eigenvalue weighted by atomic mass is 16.1. The fourth-order valence-electron chi connectivity index (χ4n) is 3.10. The summed E-state index contributed by atoms with van der Waals surface area (Å²) >= 11 is 0. The Labute approximate surface area is 138 Å². The van der Waals surface area contributed by atoms with E-state index in [-0.39, 0.29) is 5.91 Å². The lowest BCUT2D eigenvalue weighted by Gasteiger charge is -2.18. The average Bonchev–Trinajstić information content (AvgIpc) is 2.86. The van der Waals surface area contributed by atoms with Gasteiger partial charge in [0.05, 0.1) is 0 Å². The van der Waals surface area contributed by atoms with Crippen molar-refractivity contribution in [2.45, 2.75) is 44.6 Å². The molecule has 0 saturated heterocycles. The molecule has 3 rings (SSSR count). The minimum Gasteiger partial charge on any atom is -0.382 e. The minimum atomic E-state index is -0.0740. The van der Waals surface area contributed by atoms with Crippen molar-refractivity contribution in [1.82, 2.24) is 0 Å². The van der Waals surface area contributed by atoms with Crippen LogP contribution in [0.3, 0.4) is 0 Å². The first-order valence-electron chi connectivity index (χ1n) is 8.54. The molecule has 0 atom stereocenters. The number of nitrogens with one attached hydrogen (secondary N) is 2. The van der Waals surface area contributed by atoms with Gasteiger partial charge in [0.1, 0.15) is 0 Å². The Morgan fingerprint density at radius 2 is 1.39 bits per heavy atom. The first-order chi connectivity index (χ1) is 11.3. The molecule has 0 bridgehead atoms. The van der Waals surface area contributed by atoms with Crippen LogP contribution in [0.4, 0.5) is 11.4 Å². The Morgan fingerprint density at radius 3 is 2.04 bits per heavy atom. The van der Waals surface area contributed by atoms with Crippen LogP contribution in [-0.2, 0) is 0 Å². The van der Waals surface area contributed by atoms with Gasteiger partial charge in [0, 0.05) is 23.0 Å². The van der Waals surface area contributed by atoms with Crippen LogP contribution in [0, 0.1) is 0 Å². The molecule has 1 fully saturated rings. The van der Waals surface area contributed by atoms with Gasteiger partial charge in [0.15, 0.2) is 0 Å². The van der Waals surface area contributed by atoms with Gasteiger partial charge in [-0.25, -0.2) is 0 Å².